The number of hydrogen-bond donors (Lipinski definition) is 0. The fraction of sp³-hybridized carbons (Fsp3) is 0.389. The third kappa shape index (κ3) is 2.82. The van der Waals surface area contributed by atoms with E-state index in [9.17, 15) is 9.59 Å². The summed E-state index contributed by atoms with van der Waals surface area (Å²) in [6.45, 7) is 1.35. The van der Waals surface area contributed by atoms with Crippen LogP contribution in [-0.2, 0) is 22.6 Å². The van der Waals surface area contributed by atoms with Crippen molar-refractivity contribution in [1.29, 1.82) is 0 Å². The molecule has 2 aromatic heterocycles. The molecule has 0 unspecified atom stereocenters. The largest absolute Gasteiger partial charge is 0.337 e. The van der Waals surface area contributed by atoms with Gasteiger partial charge in [0.25, 0.3) is 0 Å². The van der Waals surface area contributed by atoms with Crippen LogP contribution in [0.2, 0.25) is 0 Å². The maximum Gasteiger partial charge on any atom is 0.227 e. The standard InChI is InChI=1S/C18H19N3O2S/c22-17(9-14-4-8-24-12-14)20-7-3-15-16(20)10-18(23)21(15)11-13-1-5-19-6-2-13/h1-2,4-6,8,12,15-16H,3,7,9-11H2/t15-,16+/m0/s1. The van der Waals surface area contributed by atoms with Crippen LogP contribution < -0.4 is 0 Å². The monoisotopic (exact) mass is 341 g/mol. The minimum absolute atomic E-state index is 0.0328. The Labute approximate surface area is 144 Å². The van der Waals surface area contributed by atoms with E-state index in [-0.39, 0.29) is 23.9 Å². The Morgan fingerprint density at radius 1 is 1.21 bits per heavy atom. The van der Waals surface area contributed by atoms with E-state index < -0.39 is 0 Å². The van der Waals surface area contributed by atoms with E-state index in [4.69, 9.17) is 0 Å². The molecule has 2 saturated heterocycles. The number of hydrogen-bond acceptors (Lipinski definition) is 4. The number of carbonyl (C=O) groups excluding carboxylic acids is 2. The van der Waals surface area contributed by atoms with Gasteiger partial charge in [0.05, 0.1) is 18.5 Å². The molecule has 4 heterocycles. The molecule has 24 heavy (non-hydrogen) atoms. The van der Waals surface area contributed by atoms with Crippen molar-refractivity contribution >= 4 is 23.2 Å². The Morgan fingerprint density at radius 3 is 2.79 bits per heavy atom. The van der Waals surface area contributed by atoms with Gasteiger partial charge in [-0.15, -0.1) is 0 Å². The Hall–Kier alpha value is -2.21. The highest BCUT2D eigenvalue weighted by Crippen LogP contribution is 2.34. The molecule has 0 spiro atoms. The van der Waals surface area contributed by atoms with Gasteiger partial charge in [0.15, 0.2) is 0 Å². The summed E-state index contributed by atoms with van der Waals surface area (Å²) in [4.78, 5) is 33.0. The Balaban J connectivity index is 1.46. The van der Waals surface area contributed by atoms with Gasteiger partial charge in [0.1, 0.15) is 0 Å². The van der Waals surface area contributed by atoms with Gasteiger partial charge in [-0.2, -0.15) is 11.3 Å². The van der Waals surface area contributed by atoms with E-state index in [0.29, 0.717) is 19.4 Å². The van der Waals surface area contributed by atoms with Gasteiger partial charge in [0.2, 0.25) is 11.8 Å². The van der Waals surface area contributed by atoms with Gasteiger partial charge in [-0.25, -0.2) is 0 Å². The van der Waals surface area contributed by atoms with Crippen molar-refractivity contribution in [2.75, 3.05) is 6.54 Å². The lowest BCUT2D eigenvalue weighted by atomic mass is 10.1. The number of aromatic nitrogens is 1. The summed E-state index contributed by atoms with van der Waals surface area (Å²) >= 11 is 1.61. The van der Waals surface area contributed by atoms with E-state index in [1.807, 2.05) is 38.8 Å². The van der Waals surface area contributed by atoms with Gasteiger partial charge in [0, 0.05) is 31.9 Å². The number of amides is 2. The lowest BCUT2D eigenvalue weighted by Gasteiger charge is -2.25. The first-order valence-electron chi connectivity index (χ1n) is 8.21. The molecule has 0 aromatic carbocycles. The second-order valence-electron chi connectivity index (χ2n) is 6.40. The number of thiophene rings is 1. The molecule has 0 saturated carbocycles. The fourth-order valence-corrected chi connectivity index (χ4v) is 4.47. The topological polar surface area (TPSA) is 53.5 Å². The Bertz CT molecular complexity index is 732. The van der Waals surface area contributed by atoms with Crippen LogP contribution in [-0.4, -0.2) is 45.2 Å². The summed E-state index contributed by atoms with van der Waals surface area (Å²) in [5.41, 5.74) is 2.15. The third-order valence-electron chi connectivity index (χ3n) is 4.97. The molecule has 2 amide bonds. The van der Waals surface area contributed by atoms with Crippen molar-refractivity contribution in [1.82, 2.24) is 14.8 Å². The molecule has 4 rings (SSSR count). The zero-order valence-electron chi connectivity index (χ0n) is 13.3. The molecular weight excluding hydrogens is 322 g/mol. The molecule has 6 heteroatoms. The molecule has 0 bridgehead atoms. The Morgan fingerprint density at radius 2 is 2.04 bits per heavy atom. The predicted molar refractivity (Wildman–Crippen MR) is 91.3 cm³/mol. The number of fused-ring (bicyclic) bond motifs is 1. The normalized spacial score (nSPS) is 22.9. The van der Waals surface area contributed by atoms with E-state index in [0.717, 1.165) is 24.1 Å². The molecule has 0 N–H and O–H groups in total. The van der Waals surface area contributed by atoms with Crippen LogP contribution in [0, 0.1) is 0 Å². The average molecular weight is 341 g/mol. The summed E-state index contributed by atoms with van der Waals surface area (Å²) in [5.74, 6) is 0.286. The second-order valence-corrected chi connectivity index (χ2v) is 7.18. The van der Waals surface area contributed by atoms with Crippen molar-refractivity contribution in [2.45, 2.75) is 37.9 Å². The van der Waals surface area contributed by atoms with Crippen molar-refractivity contribution in [3.05, 3.63) is 52.5 Å². The smallest absolute Gasteiger partial charge is 0.227 e. The zero-order chi connectivity index (χ0) is 16.5. The number of nitrogens with zero attached hydrogens (tertiary/aromatic N) is 3. The molecule has 5 nitrogen and oxygen atoms in total. The van der Waals surface area contributed by atoms with E-state index >= 15 is 0 Å². The number of rotatable bonds is 4. The van der Waals surface area contributed by atoms with E-state index in [1.165, 1.54) is 0 Å². The van der Waals surface area contributed by atoms with Gasteiger partial charge in [-0.05, 0) is 46.5 Å². The maximum absolute atomic E-state index is 12.6. The molecular formula is C18H19N3O2S. The SMILES string of the molecule is O=C(Cc1ccsc1)N1CC[C@H]2[C@H]1CC(=O)N2Cc1ccncc1. The average Bonchev–Trinajstić information content (AvgIpc) is 3.28. The number of likely N-dealkylation sites (tertiary alicyclic amines) is 2. The molecule has 0 aliphatic carbocycles. The summed E-state index contributed by atoms with van der Waals surface area (Å²) in [6, 6.07) is 6.05. The van der Waals surface area contributed by atoms with Crippen LogP contribution in [0.25, 0.3) is 0 Å². The zero-order valence-corrected chi connectivity index (χ0v) is 14.1. The van der Waals surface area contributed by atoms with Crippen molar-refractivity contribution < 1.29 is 9.59 Å². The maximum atomic E-state index is 12.6. The molecule has 2 atom stereocenters. The van der Waals surface area contributed by atoms with Gasteiger partial charge in [-0.3, -0.25) is 14.6 Å². The van der Waals surface area contributed by atoms with Crippen molar-refractivity contribution in [2.24, 2.45) is 0 Å². The molecule has 2 aromatic rings. The predicted octanol–water partition coefficient (Wildman–Crippen LogP) is 2.09. The lowest BCUT2D eigenvalue weighted by molar-refractivity contribution is -0.131. The summed E-state index contributed by atoms with van der Waals surface area (Å²) in [7, 11) is 0. The second kappa shape index (κ2) is 6.36. The fourth-order valence-electron chi connectivity index (χ4n) is 3.80. The van der Waals surface area contributed by atoms with Crippen molar-refractivity contribution in [3.63, 3.8) is 0 Å². The molecule has 2 aliphatic heterocycles. The molecule has 124 valence electrons. The number of carbonyl (C=O) groups is 2. The number of pyridine rings is 1. The highest BCUT2D eigenvalue weighted by Gasteiger charge is 2.47. The summed E-state index contributed by atoms with van der Waals surface area (Å²) in [6.07, 6.45) is 5.25. The van der Waals surface area contributed by atoms with Crippen molar-refractivity contribution in [3.8, 4) is 0 Å². The van der Waals surface area contributed by atoms with Crippen LogP contribution in [0.4, 0.5) is 0 Å². The molecule has 2 fully saturated rings. The lowest BCUT2D eigenvalue weighted by Crippen LogP contribution is -2.40. The van der Waals surface area contributed by atoms with Gasteiger partial charge in [-0.1, -0.05) is 0 Å². The first-order valence-corrected chi connectivity index (χ1v) is 9.15. The van der Waals surface area contributed by atoms with Crippen LogP contribution in [0.5, 0.6) is 0 Å². The van der Waals surface area contributed by atoms with Gasteiger partial charge < -0.3 is 9.80 Å². The van der Waals surface area contributed by atoms with Crippen LogP contribution in [0.15, 0.2) is 41.4 Å². The van der Waals surface area contributed by atoms with Gasteiger partial charge >= 0.3 is 0 Å². The molecule has 0 radical (unpaired) electrons. The highest BCUT2D eigenvalue weighted by molar-refractivity contribution is 7.08. The quantitative estimate of drug-likeness (QED) is 0.856. The molecule has 2 aliphatic rings. The highest BCUT2D eigenvalue weighted by atomic mass is 32.1. The van der Waals surface area contributed by atoms with E-state index in [1.54, 1.807) is 23.7 Å². The first kappa shape index (κ1) is 15.3. The minimum atomic E-state index is 0.0328. The summed E-state index contributed by atoms with van der Waals surface area (Å²) in [5, 5.41) is 4.01. The summed E-state index contributed by atoms with van der Waals surface area (Å²) < 4.78 is 0. The first-order chi connectivity index (χ1) is 11.7. The van der Waals surface area contributed by atoms with Crippen LogP contribution >= 0.6 is 11.3 Å². The van der Waals surface area contributed by atoms with E-state index in [2.05, 4.69) is 4.98 Å². The Kier molecular flexibility index (Phi) is 4.06. The minimum Gasteiger partial charge on any atom is -0.337 e. The third-order valence-corrected chi connectivity index (χ3v) is 5.70. The van der Waals surface area contributed by atoms with Crippen LogP contribution in [0.1, 0.15) is 24.0 Å². The van der Waals surface area contributed by atoms with Crippen LogP contribution in [0.3, 0.4) is 0 Å².